The zero-order valence-electron chi connectivity index (χ0n) is 25.2. The summed E-state index contributed by atoms with van der Waals surface area (Å²) in [5, 5.41) is 42.7. The maximum absolute atomic E-state index is 8.65. The molecule has 0 heterocycles. The topological polar surface area (TPSA) is 175 Å². The van der Waals surface area contributed by atoms with Gasteiger partial charge in [0.25, 0.3) is 0 Å². The van der Waals surface area contributed by atoms with E-state index in [9.17, 15) is 0 Å². The number of aliphatic hydroxyl groups is 3. The third kappa shape index (κ3) is 29.6. The second-order valence-electron chi connectivity index (χ2n) is 8.22. The van der Waals surface area contributed by atoms with Crippen LogP contribution in [0.2, 0.25) is 0 Å². The van der Waals surface area contributed by atoms with Gasteiger partial charge in [0, 0.05) is 5.88 Å². The van der Waals surface area contributed by atoms with Gasteiger partial charge in [-0.15, -0.1) is 11.6 Å². The van der Waals surface area contributed by atoms with E-state index in [1.54, 1.807) is 0 Å². The van der Waals surface area contributed by atoms with Crippen LogP contribution >= 0.6 is 11.6 Å². The second-order valence-corrected chi connectivity index (χ2v) is 8.60. The summed E-state index contributed by atoms with van der Waals surface area (Å²) in [7, 11) is 0. The predicted octanol–water partition coefficient (Wildman–Crippen LogP) is 1.84. The Bertz CT molecular complexity index is 761. The van der Waals surface area contributed by atoms with E-state index in [1.807, 2.05) is 24.3 Å². The number of hydrogen-bond acceptors (Lipinski definition) is 13. The van der Waals surface area contributed by atoms with Gasteiger partial charge in [-0.25, -0.2) is 0 Å². The molecule has 0 bridgehead atoms. The van der Waals surface area contributed by atoms with Gasteiger partial charge in [0.15, 0.2) is 0 Å². The Labute approximate surface area is 264 Å². The molecule has 0 radical (unpaired) electrons. The average Bonchev–Trinajstić information content (AvgIpc) is 3.04. The summed E-state index contributed by atoms with van der Waals surface area (Å²) in [4.78, 5) is 0. The Morgan fingerprint density at radius 1 is 0.386 bits per heavy atom. The van der Waals surface area contributed by atoms with E-state index < -0.39 is 0 Å². The Balaban J connectivity index is 0.000000830. The molecule has 0 aliphatic carbocycles. The van der Waals surface area contributed by atoms with Crippen molar-refractivity contribution in [3.8, 4) is 23.0 Å². The first-order valence-corrected chi connectivity index (χ1v) is 14.8. The van der Waals surface area contributed by atoms with E-state index >= 15 is 0 Å². The molecule has 254 valence electrons. The molecule has 0 saturated heterocycles. The molecule has 0 saturated carbocycles. The van der Waals surface area contributed by atoms with Crippen molar-refractivity contribution in [2.75, 3.05) is 118 Å². The molecule has 5 N–H and O–H groups in total. The lowest BCUT2D eigenvalue weighted by Gasteiger charge is -2.10. The number of rotatable bonds is 25. The summed E-state index contributed by atoms with van der Waals surface area (Å²) in [6, 6.07) is 13.1. The fraction of sp³-hybridized carbons (Fsp3) is 0.600. The van der Waals surface area contributed by atoms with E-state index in [4.69, 9.17) is 75.0 Å². The number of alkyl halides is 1. The number of halogens is 1. The molecule has 0 aromatic heterocycles. The van der Waals surface area contributed by atoms with Gasteiger partial charge in [0.1, 0.15) is 36.2 Å². The van der Waals surface area contributed by atoms with Crippen LogP contribution < -0.4 is 9.47 Å². The fourth-order valence-electron chi connectivity index (χ4n) is 2.74. The standard InChI is InChI=1S/C18H30O8.C6H13ClO3.C6H6O2/c19-5-7-21-9-11-23-13-15-25-17-1-2-18(4-3-17)26-16-14-24-12-10-22-8-6-20;7-1-3-9-5-6-10-4-2-8;7-5-1-2-6(8)4-3-5/h1-4,19-20H,5-16H2;8H,1-6H2;1-4,7-8H. The molecule has 0 unspecified atom stereocenters. The molecule has 2 aromatic rings. The molecule has 0 fully saturated rings. The van der Waals surface area contributed by atoms with E-state index in [-0.39, 0.29) is 31.3 Å². The van der Waals surface area contributed by atoms with Crippen molar-refractivity contribution in [3.63, 3.8) is 0 Å². The molecule has 0 amide bonds. The van der Waals surface area contributed by atoms with Crippen molar-refractivity contribution in [2.24, 2.45) is 0 Å². The summed E-state index contributed by atoms with van der Waals surface area (Å²) >= 11 is 5.34. The van der Waals surface area contributed by atoms with Gasteiger partial charge in [-0.05, 0) is 48.5 Å². The minimum atomic E-state index is 0.0240. The van der Waals surface area contributed by atoms with Crippen molar-refractivity contribution in [1.29, 1.82) is 0 Å². The number of ether oxygens (including phenoxy) is 8. The quantitative estimate of drug-likeness (QED) is 0.0598. The minimum Gasteiger partial charge on any atom is -0.508 e. The number of benzene rings is 2. The van der Waals surface area contributed by atoms with Crippen LogP contribution in [0.3, 0.4) is 0 Å². The van der Waals surface area contributed by atoms with Crippen molar-refractivity contribution in [3.05, 3.63) is 48.5 Å². The van der Waals surface area contributed by atoms with Gasteiger partial charge < -0.3 is 63.4 Å². The lowest BCUT2D eigenvalue weighted by Crippen LogP contribution is -2.12. The third-order valence-electron chi connectivity index (χ3n) is 4.71. The van der Waals surface area contributed by atoms with Crippen molar-refractivity contribution in [1.82, 2.24) is 0 Å². The van der Waals surface area contributed by atoms with Gasteiger partial charge >= 0.3 is 0 Å². The summed E-state index contributed by atoms with van der Waals surface area (Å²) in [5.41, 5.74) is 0. The van der Waals surface area contributed by atoms with Crippen LogP contribution in [-0.4, -0.2) is 144 Å². The highest BCUT2D eigenvalue weighted by Gasteiger charge is 1.98. The normalized spacial score (nSPS) is 10.4. The van der Waals surface area contributed by atoms with Crippen molar-refractivity contribution >= 4 is 11.6 Å². The van der Waals surface area contributed by atoms with Crippen LogP contribution in [0.5, 0.6) is 23.0 Å². The minimum absolute atomic E-state index is 0.0240. The molecular weight excluding hydrogens is 604 g/mol. The van der Waals surface area contributed by atoms with Crippen molar-refractivity contribution < 1.29 is 63.4 Å². The predicted molar refractivity (Wildman–Crippen MR) is 164 cm³/mol. The van der Waals surface area contributed by atoms with Gasteiger partial charge in [0.2, 0.25) is 0 Å². The van der Waals surface area contributed by atoms with Crippen LogP contribution in [-0.2, 0) is 28.4 Å². The number of aliphatic hydroxyl groups excluding tert-OH is 3. The molecule has 0 aliphatic rings. The second kappa shape index (κ2) is 33.5. The van der Waals surface area contributed by atoms with Crippen LogP contribution in [0.15, 0.2) is 48.5 Å². The Morgan fingerprint density at radius 3 is 0.955 bits per heavy atom. The monoisotopic (exact) mass is 652 g/mol. The van der Waals surface area contributed by atoms with Gasteiger partial charge in [-0.2, -0.15) is 0 Å². The zero-order valence-corrected chi connectivity index (χ0v) is 26.0. The highest BCUT2D eigenvalue weighted by Crippen LogP contribution is 2.17. The van der Waals surface area contributed by atoms with Gasteiger partial charge in [0.05, 0.1) is 99.1 Å². The highest BCUT2D eigenvalue weighted by atomic mass is 35.5. The fourth-order valence-corrected chi connectivity index (χ4v) is 2.84. The SMILES string of the molecule is OCCOCCOCCCl.OCCOCCOCCOc1ccc(OCCOCCOCCO)cc1.Oc1ccc(O)cc1. The molecule has 14 heteroatoms. The van der Waals surface area contributed by atoms with Crippen LogP contribution in [0.1, 0.15) is 0 Å². The van der Waals surface area contributed by atoms with Crippen molar-refractivity contribution in [2.45, 2.75) is 0 Å². The maximum atomic E-state index is 8.65. The van der Waals surface area contributed by atoms with Gasteiger partial charge in [-0.1, -0.05) is 0 Å². The lowest BCUT2D eigenvalue weighted by atomic mass is 10.3. The number of aromatic hydroxyl groups is 2. The average molecular weight is 653 g/mol. The van der Waals surface area contributed by atoms with E-state index in [0.29, 0.717) is 98.4 Å². The summed E-state index contributed by atoms with van der Waals surface area (Å²) < 4.78 is 41.9. The Hall–Kier alpha value is -2.43. The van der Waals surface area contributed by atoms with E-state index in [1.165, 1.54) is 24.3 Å². The Morgan fingerprint density at radius 2 is 0.659 bits per heavy atom. The highest BCUT2D eigenvalue weighted by molar-refractivity contribution is 6.17. The first kappa shape index (κ1) is 41.6. The smallest absolute Gasteiger partial charge is 0.119 e. The lowest BCUT2D eigenvalue weighted by molar-refractivity contribution is 0.0244. The largest absolute Gasteiger partial charge is 0.508 e. The first-order valence-electron chi connectivity index (χ1n) is 14.3. The van der Waals surface area contributed by atoms with Crippen LogP contribution in [0.4, 0.5) is 0 Å². The molecule has 2 rings (SSSR count). The molecular formula is C30H49ClO13. The molecule has 44 heavy (non-hydrogen) atoms. The molecule has 2 aromatic carbocycles. The Kier molecular flexibility index (Phi) is 31.6. The zero-order chi connectivity index (χ0) is 32.4. The number of phenolic OH excluding ortho intramolecular Hbond substituents is 2. The van der Waals surface area contributed by atoms with Crippen LogP contribution in [0, 0.1) is 0 Å². The molecule has 0 spiro atoms. The van der Waals surface area contributed by atoms with E-state index in [0.717, 1.165) is 11.5 Å². The number of hydrogen-bond donors (Lipinski definition) is 5. The summed E-state index contributed by atoms with van der Waals surface area (Å²) in [5.74, 6) is 2.34. The van der Waals surface area contributed by atoms with Crippen LogP contribution in [0.25, 0.3) is 0 Å². The number of phenols is 2. The van der Waals surface area contributed by atoms with Gasteiger partial charge in [-0.3, -0.25) is 0 Å². The maximum Gasteiger partial charge on any atom is 0.119 e. The van der Waals surface area contributed by atoms with E-state index in [2.05, 4.69) is 0 Å². The molecule has 0 aliphatic heterocycles. The summed E-state index contributed by atoms with van der Waals surface area (Å²) in [6.07, 6.45) is 0. The first-order chi connectivity index (χ1) is 21.6. The molecule has 13 nitrogen and oxygen atoms in total. The third-order valence-corrected chi connectivity index (χ3v) is 4.86. The summed E-state index contributed by atoms with van der Waals surface area (Å²) in [6.45, 7) is 6.52. The molecule has 0 atom stereocenters.